The van der Waals surface area contributed by atoms with Crippen LogP contribution in [0.2, 0.25) is 0 Å². The smallest absolute Gasteiger partial charge is 0.206 e. The monoisotopic (exact) mass is 416 g/mol. The van der Waals surface area contributed by atoms with Gasteiger partial charge in [0.15, 0.2) is 0 Å². The fraction of sp³-hybridized carbons (Fsp3) is 0.217. The number of anilines is 1. The van der Waals surface area contributed by atoms with Crippen LogP contribution in [0.3, 0.4) is 0 Å². The number of benzene rings is 1. The lowest BCUT2D eigenvalue weighted by Crippen LogP contribution is -2.44. The molecule has 158 valence electrons. The van der Waals surface area contributed by atoms with Crippen molar-refractivity contribution >= 4 is 17.0 Å². The molecule has 8 heteroatoms. The summed E-state index contributed by atoms with van der Waals surface area (Å²) < 4.78 is 13.4. The van der Waals surface area contributed by atoms with Gasteiger partial charge >= 0.3 is 0 Å². The van der Waals surface area contributed by atoms with E-state index in [2.05, 4.69) is 21.7 Å². The van der Waals surface area contributed by atoms with Crippen molar-refractivity contribution in [2.75, 3.05) is 25.9 Å². The standard InChI is InChI=1S/C23H24N6O2/c1-23(13-18(30-2)8-12-27-23)31-17-5-3-15(4-6-17)21-28-20(16-7-10-25-14-16)19-9-11-26-22(24)29(19)21/h3-9,11-13,25,27H,10,14H2,1-2H3,(H2,24,26). The molecule has 0 saturated heterocycles. The lowest BCUT2D eigenvalue weighted by atomic mass is 10.1. The molecule has 3 aromatic rings. The van der Waals surface area contributed by atoms with Gasteiger partial charge in [-0.3, -0.25) is 4.40 Å². The van der Waals surface area contributed by atoms with Gasteiger partial charge in [0.2, 0.25) is 11.7 Å². The van der Waals surface area contributed by atoms with E-state index in [9.17, 15) is 0 Å². The average molecular weight is 416 g/mol. The third-order valence-corrected chi connectivity index (χ3v) is 5.41. The zero-order valence-corrected chi connectivity index (χ0v) is 17.4. The Hall–Kier alpha value is -3.78. The average Bonchev–Trinajstić information content (AvgIpc) is 3.42. The van der Waals surface area contributed by atoms with Crippen LogP contribution in [-0.2, 0) is 4.74 Å². The summed E-state index contributed by atoms with van der Waals surface area (Å²) in [7, 11) is 1.64. The second-order valence-electron chi connectivity index (χ2n) is 7.63. The van der Waals surface area contributed by atoms with Crippen LogP contribution < -0.4 is 21.1 Å². The number of rotatable bonds is 5. The topological polar surface area (TPSA) is 98.7 Å². The van der Waals surface area contributed by atoms with E-state index in [1.807, 2.05) is 60.0 Å². The maximum atomic E-state index is 6.22. The summed E-state index contributed by atoms with van der Waals surface area (Å²) in [5.74, 6) is 2.62. The number of ether oxygens (including phenoxy) is 2. The first-order valence-corrected chi connectivity index (χ1v) is 10.1. The first kappa shape index (κ1) is 19.2. The van der Waals surface area contributed by atoms with E-state index in [1.54, 1.807) is 13.3 Å². The minimum absolute atomic E-state index is 0.404. The zero-order chi connectivity index (χ0) is 21.4. The van der Waals surface area contributed by atoms with Gasteiger partial charge in [-0.1, -0.05) is 6.08 Å². The number of aromatic nitrogens is 3. The van der Waals surface area contributed by atoms with Gasteiger partial charge in [0.05, 0.1) is 18.3 Å². The maximum Gasteiger partial charge on any atom is 0.206 e. The molecule has 1 unspecified atom stereocenters. The Kier molecular flexibility index (Phi) is 4.63. The van der Waals surface area contributed by atoms with Crippen LogP contribution in [0.25, 0.3) is 22.5 Å². The molecule has 4 N–H and O–H groups in total. The predicted molar refractivity (Wildman–Crippen MR) is 120 cm³/mol. The molecule has 4 heterocycles. The van der Waals surface area contributed by atoms with Crippen molar-refractivity contribution in [3.05, 3.63) is 72.4 Å². The molecule has 31 heavy (non-hydrogen) atoms. The summed E-state index contributed by atoms with van der Waals surface area (Å²) in [6.45, 7) is 3.57. The number of fused-ring (bicyclic) bond motifs is 1. The Morgan fingerprint density at radius 2 is 2.03 bits per heavy atom. The van der Waals surface area contributed by atoms with Crippen LogP contribution in [0.5, 0.6) is 5.75 Å². The lowest BCUT2D eigenvalue weighted by Gasteiger charge is -2.30. The zero-order valence-electron chi connectivity index (χ0n) is 17.4. The van der Waals surface area contributed by atoms with Crippen molar-refractivity contribution in [3.63, 3.8) is 0 Å². The molecule has 2 aromatic heterocycles. The van der Waals surface area contributed by atoms with Crippen molar-refractivity contribution in [2.24, 2.45) is 0 Å². The van der Waals surface area contributed by atoms with E-state index >= 15 is 0 Å². The SMILES string of the molecule is COC1=CC(C)(Oc2ccc(-c3nc(C4=CCNC4)c4ccnc(N)n34)cc2)NC=C1. The first-order chi connectivity index (χ1) is 15.1. The molecule has 0 amide bonds. The van der Waals surface area contributed by atoms with Gasteiger partial charge < -0.3 is 25.8 Å². The molecule has 5 rings (SSSR count). The number of methoxy groups -OCH3 is 1. The van der Waals surface area contributed by atoms with Crippen LogP contribution in [0.15, 0.2) is 66.7 Å². The number of nitrogen functional groups attached to an aromatic ring is 1. The molecular weight excluding hydrogens is 392 g/mol. The van der Waals surface area contributed by atoms with Gasteiger partial charge in [0.1, 0.15) is 17.3 Å². The summed E-state index contributed by atoms with van der Waals surface area (Å²) in [4.78, 5) is 9.19. The van der Waals surface area contributed by atoms with Gasteiger partial charge in [0, 0.05) is 37.1 Å². The number of nitrogens with one attached hydrogen (secondary N) is 2. The first-order valence-electron chi connectivity index (χ1n) is 10.1. The molecule has 8 nitrogen and oxygen atoms in total. The fourth-order valence-corrected chi connectivity index (χ4v) is 3.90. The number of imidazole rings is 1. The molecule has 1 atom stereocenters. The summed E-state index contributed by atoms with van der Waals surface area (Å²) in [6.07, 6.45) is 9.43. The Morgan fingerprint density at radius 3 is 2.77 bits per heavy atom. The molecule has 0 spiro atoms. The number of nitrogens with two attached hydrogens (primary N) is 1. The lowest BCUT2D eigenvalue weighted by molar-refractivity contribution is 0.109. The van der Waals surface area contributed by atoms with E-state index in [1.165, 1.54) is 5.57 Å². The largest absolute Gasteiger partial charge is 0.497 e. The normalized spacial score (nSPS) is 20.3. The molecule has 0 fully saturated rings. The highest BCUT2D eigenvalue weighted by atomic mass is 16.5. The number of allylic oxidation sites excluding steroid dienone is 1. The molecule has 2 aliphatic rings. The summed E-state index contributed by atoms with van der Waals surface area (Å²) >= 11 is 0. The van der Waals surface area contributed by atoms with Crippen molar-refractivity contribution < 1.29 is 9.47 Å². The van der Waals surface area contributed by atoms with Crippen LogP contribution in [-0.4, -0.2) is 40.3 Å². The molecule has 0 saturated carbocycles. The number of hydrogen-bond acceptors (Lipinski definition) is 7. The van der Waals surface area contributed by atoms with Gasteiger partial charge in [-0.25, -0.2) is 9.97 Å². The molecule has 0 aliphatic carbocycles. The third kappa shape index (κ3) is 3.51. The number of nitrogens with zero attached hydrogens (tertiary/aromatic N) is 3. The molecule has 0 radical (unpaired) electrons. The second-order valence-corrected chi connectivity index (χ2v) is 7.63. The number of dihydropyridines is 1. The quantitative estimate of drug-likeness (QED) is 0.588. The minimum Gasteiger partial charge on any atom is -0.497 e. The van der Waals surface area contributed by atoms with E-state index in [0.29, 0.717) is 5.95 Å². The highest BCUT2D eigenvalue weighted by Crippen LogP contribution is 2.31. The molecule has 1 aromatic carbocycles. The van der Waals surface area contributed by atoms with Crippen molar-refractivity contribution in [2.45, 2.75) is 12.6 Å². The third-order valence-electron chi connectivity index (χ3n) is 5.41. The predicted octanol–water partition coefficient (Wildman–Crippen LogP) is 2.71. The van der Waals surface area contributed by atoms with Gasteiger partial charge in [-0.15, -0.1) is 0 Å². The van der Waals surface area contributed by atoms with Crippen molar-refractivity contribution in [1.29, 1.82) is 0 Å². The van der Waals surface area contributed by atoms with Crippen molar-refractivity contribution in [1.82, 2.24) is 25.0 Å². The maximum absolute atomic E-state index is 6.22. The van der Waals surface area contributed by atoms with Crippen LogP contribution in [0.1, 0.15) is 12.6 Å². The van der Waals surface area contributed by atoms with E-state index in [-0.39, 0.29) is 0 Å². The Balaban J connectivity index is 1.49. The summed E-state index contributed by atoms with van der Waals surface area (Å²) in [6, 6.07) is 9.74. The Morgan fingerprint density at radius 1 is 1.19 bits per heavy atom. The second kappa shape index (κ2) is 7.48. The Bertz CT molecular complexity index is 1220. The minimum atomic E-state index is -0.703. The van der Waals surface area contributed by atoms with Crippen molar-refractivity contribution in [3.8, 4) is 17.1 Å². The highest BCUT2D eigenvalue weighted by Gasteiger charge is 2.26. The Labute approximate surface area is 180 Å². The fourth-order valence-electron chi connectivity index (χ4n) is 3.90. The van der Waals surface area contributed by atoms with E-state index in [0.717, 1.165) is 47.2 Å². The van der Waals surface area contributed by atoms with Gasteiger partial charge in [0.25, 0.3) is 0 Å². The molecule has 0 bridgehead atoms. The van der Waals surface area contributed by atoms with Gasteiger partial charge in [-0.05, 0) is 48.9 Å². The number of hydrogen-bond donors (Lipinski definition) is 3. The van der Waals surface area contributed by atoms with Gasteiger partial charge in [-0.2, -0.15) is 0 Å². The van der Waals surface area contributed by atoms with Crippen LogP contribution >= 0.6 is 0 Å². The van der Waals surface area contributed by atoms with Crippen LogP contribution in [0.4, 0.5) is 5.95 Å². The molecule has 2 aliphatic heterocycles. The van der Waals surface area contributed by atoms with E-state index < -0.39 is 5.72 Å². The van der Waals surface area contributed by atoms with Crippen LogP contribution in [0, 0.1) is 0 Å². The summed E-state index contributed by atoms with van der Waals surface area (Å²) in [5, 5.41) is 6.53. The summed E-state index contributed by atoms with van der Waals surface area (Å²) in [5.41, 5.74) is 9.48. The molecular formula is C23H24N6O2. The highest BCUT2D eigenvalue weighted by molar-refractivity contribution is 5.82. The van der Waals surface area contributed by atoms with E-state index in [4.69, 9.17) is 20.2 Å².